The Labute approximate surface area is 61.2 Å². The monoisotopic (exact) mass is 140 g/mol. The zero-order valence-corrected chi connectivity index (χ0v) is 6.04. The summed E-state index contributed by atoms with van der Waals surface area (Å²) in [6, 6.07) is 0. The first-order chi connectivity index (χ1) is 4.54. The third kappa shape index (κ3) is 2.22. The van der Waals surface area contributed by atoms with E-state index in [1.54, 1.807) is 0 Å². The molecule has 0 aliphatic heterocycles. The number of rotatable bonds is 3. The molecule has 0 radical (unpaired) electrons. The highest BCUT2D eigenvalue weighted by Crippen LogP contribution is 2.14. The molecule has 2 unspecified atom stereocenters. The first-order valence-corrected chi connectivity index (χ1v) is 3.01. The van der Waals surface area contributed by atoms with Crippen molar-refractivity contribution >= 4 is 0 Å². The lowest BCUT2D eigenvalue weighted by Gasteiger charge is -2.24. The highest BCUT2D eigenvalue weighted by molar-refractivity contribution is 5.01. The molecule has 0 spiro atoms. The molecule has 0 rings (SSSR count). The van der Waals surface area contributed by atoms with Crippen molar-refractivity contribution in [1.29, 1.82) is 0 Å². The van der Waals surface area contributed by atoms with E-state index in [0.29, 0.717) is 0 Å². The molecule has 0 saturated carbocycles. The molecule has 0 fully saturated rings. The Kier molecular flexibility index (Phi) is 3.14. The molecule has 2 nitrogen and oxygen atoms in total. The Morgan fingerprint density at radius 2 is 2.40 bits per heavy atom. The van der Waals surface area contributed by atoms with Gasteiger partial charge in [0, 0.05) is 6.42 Å². The van der Waals surface area contributed by atoms with Gasteiger partial charge in [-0.3, -0.25) is 0 Å². The molecule has 56 valence electrons. The summed E-state index contributed by atoms with van der Waals surface area (Å²) in [6.07, 6.45) is 5.38. The zero-order valence-electron chi connectivity index (χ0n) is 6.04. The third-order valence-electron chi connectivity index (χ3n) is 1.32. The SMILES string of the molecule is C#CCC(C)(O)C(O)C=C. The molecule has 0 saturated heterocycles. The maximum absolute atomic E-state index is 9.32. The van der Waals surface area contributed by atoms with Crippen molar-refractivity contribution in [2.24, 2.45) is 0 Å². The van der Waals surface area contributed by atoms with E-state index in [2.05, 4.69) is 12.5 Å². The fourth-order valence-corrected chi connectivity index (χ4v) is 0.565. The number of hydrogen-bond acceptors (Lipinski definition) is 2. The first-order valence-electron chi connectivity index (χ1n) is 3.01. The van der Waals surface area contributed by atoms with Gasteiger partial charge in [-0.15, -0.1) is 18.9 Å². The van der Waals surface area contributed by atoms with Crippen LogP contribution in [0.4, 0.5) is 0 Å². The molecule has 0 heterocycles. The van der Waals surface area contributed by atoms with Crippen LogP contribution >= 0.6 is 0 Å². The fourth-order valence-electron chi connectivity index (χ4n) is 0.565. The van der Waals surface area contributed by atoms with Crippen molar-refractivity contribution in [2.45, 2.75) is 25.0 Å². The van der Waals surface area contributed by atoms with Crippen LogP contribution in [0, 0.1) is 12.3 Å². The van der Waals surface area contributed by atoms with Crippen molar-refractivity contribution in [3.05, 3.63) is 12.7 Å². The quantitative estimate of drug-likeness (QED) is 0.437. The second kappa shape index (κ2) is 3.40. The normalized spacial score (nSPS) is 18.6. The standard InChI is InChI=1S/C8H12O2/c1-4-6-8(3,10)7(9)5-2/h1,5,7,9-10H,2,6H2,3H3. The third-order valence-corrected chi connectivity index (χ3v) is 1.32. The summed E-state index contributed by atoms with van der Waals surface area (Å²) >= 11 is 0. The van der Waals surface area contributed by atoms with Crippen molar-refractivity contribution < 1.29 is 10.2 Å². The molecule has 0 aromatic rings. The lowest BCUT2D eigenvalue weighted by Crippen LogP contribution is -2.37. The van der Waals surface area contributed by atoms with E-state index in [1.807, 2.05) is 0 Å². The number of terminal acetylenes is 1. The van der Waals surface area contributed by atoms with Crippen LogP contribution in [0.25, 0.3) is 0 Å². The largest absolute Gasteiger partial charge is 0.386 e. The molecule has 0 aliphatic carbocycles. The molecule has 0 amide bonds. The minimum Gasteiger partial charge on any atom is -0.386 e. The molecule has 0 aromatic heterocycles. The van der Waals surface area contributed by atoms with Crippen LogP contribution in [0.1, 0.15) is 13.3 Å². The van der Waals surface area contributed by atoms with Gasteiger partial charge in [-0.25, -0.2) is 0 Å². The highest BCUT2D eigenvalue weighted by atomic mass is 16.3. The van der Waals surface area contributed by atoms with E-state index in [-0.39, 0.29) is 6.42 Å². The van der Waals surface area contributed by atoms with Gasteiger partial charge in [0.15, 0.2) is 0 Å². The van der Waals surface area contributed by atoms with Gasteiger partial charge in [0.25, 0.3) is 0 Å². The molecule has 0 bridgehead atoms. The van der Waals surface area contributed by atoms with Crippen molar-refractivity contribution in [2.75, 3.05) is 0 Å². The van der Waals surface area contributed by atoms with Crippen LogP contribution in [0.5, 0.6) is 0 Å². The Morgan fingerprint density at radius 1 is 1.90 bits per heavy atom. The lowest BCUT2D eigenvalue weighted by molar-refractivity contribution is -0.0332. The predicted molar refractivity (Wildman–Crippen MR) is 40.3 cm³/mol. The summed E-state index contributed by atoms with van der Waals surface area (Å²) < 4.78 is 0. The number of aliphatic hydroxyl groups is 2. The Morgan fingerprint density at radius 3 is 2.70 bits per heavy atom. The summed E-state index contributed by atoms with van der Waals surface area (Å²) in [5.41, 5.74) is -1.24. The summed E-state index contributed by atoms with van der Waals surface area (Å²) in [7, 11) is 0. The average molecular weight is 140 g/mol. The molecule has 0 aromatic carbocycles. The van der Waals surface area contributed by atoms with E-state index in [0.717, 1.165) is 0 Å². The predicted octanol–water partition coefficient (Wildman–Crippen LogP) is 0.308. The molecule has 10 heavy (non-hydrogen) atoms. The molecule has 0 aliphatic rings. The van der Waals surface area contributed by atoms with Crippen molar-refractivity contribution in [3.8, 4) is 12.3 Å². The highest BCUT2D eigenvalue weighted by Gasteiger charge is 2.26. The van der Waals surface area contributed by atoms with E-state index >= 15 is 0 Å². The molecular weight excluding hydrogens is 128 g/mol. The molecule has 2 atom stereocenters. The first kappa shape index (κ1) is 9.22. The smallest absolute Gasteiger partial charge is 0.102 e. The fraction of sp³-hybridized carbons (Fsp3) is 0.500. The summed E-state index contributed by atoms with van der Waals surface area (Å²) in [4.78, 5) is 0. The Balaban J connectivity index is 4.11. The van der Waals surface area contributed by atoms with Gasteiger partial charge in [-0.1, -0.05) is 6.08 Å². The Bertz CT molecular complexity index is 153. The van der Waals surface area contributed by atoms with E-state index in [9.17, 15) is 5.11 Å². The van der Waals surface area contributed by atoms with Gasteiger partial charge < -0.3 is 10.2 Å². The van der Waals surface area contributed by atoms with Crippen molar-refractivity contribution in [1.82, 2.24) is 0 Å². The maximum Gasteiger partial charge on any atom is 0.102 e. The van der Waals surface area contributed by atoms with Crippen LogP contribution in [-0.2, 0) is 0 Å². The van der Waals surface area contributed by atoms with Gasteiger partial charge in [0.05, 0.1) is 0 Å². The second-order valence-electron chi connectivity index (χ2n) is 2.42. The minimum absolute atomic E-state index is 0.125. The topological polar surface area (TPSA) is 40.5 Å². The van der Waals surface area contributed by atoms with Crippen LogP contribution in [-0.4, -0.2) is 21.9 Å². The number of hydrogen-bond donors (Lipinski definition) is 2. The summed E-state index contributed by atoms with van der Waals surface area (Å²) in [5.74, 6) is 2.27. The van der Waals surface area contributed by atoms with Crippen LogP contribution in [0.3, 0.4) is 0 Å². The number of aliphatic hydroxyl groups excluding tert-OH is 1. The lowest BCUT2D eigenvalue weighted by atomic mass is 9.96. The van der Waals surface area contributed by atoms with Crippen LogP contribution in [0.15, 0.2) is 12.7 Å². The van der Waals surface area contributed by atoms with Gasteiger partial charge >= 0.3 is 0 Å². The van der Waals surface area contributed by atoms with Crippen molar-refractivity contribution in [3.63, 3.8) is 0 Å². The Hall–Kier alpha value is -0.780. The van der Waals surface area contributed by atoms with Gasteiger partial charge in [-0.05, 0) is 6.92 Å². The van der Waals surface area contributed by atoms with E-state index in [4.69, 9.17) is 11.5 Å². The zero-order chi connectivity index (χ0) is 8.20. The van der Waals surface area contributed by atoms with Crippen LogP contribution in [0.2, 0.25) is 0 Å². The average Bonchev–Trinajstić information content (AvgIpc) is 1.86. The van der Waals surface area contributed by atoms with Gasteiger partial charge in [-0.2, -0.15) is 0 Å². The molecule has 2 N–H and O–H groups in total. The minimum atomic E-state index is -1.24. The van der Waals surface area contributed by atoms with E-state index in [1.165, 1.54) is 13.0 Å². The van der Waals surface area contributed by atoms with Crippen LogP contribution < -0.4 is 0 Å². The summed E-state index contributed by atoms with van der Waals surface area (Å²) in [6.45, 7) is 4.80. The van der Waals surface area contributed by atoms with Gasteiger partial charge in [0.1, 0.15) is 11.7 Å². The summed E-state index contributed by atoms with van der Waals surface area (Å²) in [5, 5.41) is 18.4. The van der Waals surface area contributed by atoms with Gasteiger partial charge in [0.2, 0.25) is 0 Å². The maximum atomic E-state index is 9.32. The second-order valence-corrected chi connectivity index (χ2v) is 2.42. The van der Waals surface area contributed by atoms with E-state index < -0.39 is 11.7 Å². The molecule has 2 heteroatoms. The molecular formula is C8H12O2.